The molecule has 3 rings (SSSR count). The van der Waals surface area contributed by atoms with Crippen LogP contribution < -0.4 is 11.1 Å². The number of rotatable bonds is 9. The Morgan fingerprint density at radius 2 is 1.73 bits per heavy atom. The van der Waals surface area contributed by atoms with E-state index in [4.69, 9.17) is 5.73 Å². The molecule has 1 aliphatic carbocycles. The number of aliphatic hydroxyl groups is 1. The van der Waals surface area contributed by atoms with Crippen molar-refractivity contribution in [1.29, 1.82) is 0 Å². The third-order valence-electron chi connectivity index (χ3n) is 6.77. The van der Waals surface area contributed by atoms with Crippen molar-refractivity contribution in [2.24, 2.45) is 26.6 Å². The van der Waals surface area contributed by atoms with Gasteiger partial charge in [0.15, 0.2) is 11.6 Å². The number of aliphatic imine (C=N–C) groups is 3. The zero-order chi connectivity index (χ0) is 33.2. The number of nitrogens with zero attached hydrogens (tertiary/aromatic N) is 3. The van der Waals surface area contributed by atoms with Crippen LogP contribution in [0.5, 0.6) is 0 Å². The summed E-state index contributed by atoms with van der Waals surface area (Å²) in [6.07, 6.45) is -3.65. The van der Waals surface area contributed by atoms with Crippen molar-refractivity contribution in [1.82, 2.24) is 5.32 Å². The zero-order valence-electron chi connectivity index (χ0n) is 26.0. The van der Waals surface area contributed by atoms with Crippen LogP contribution in [0.4, 0.5) is 23.2 Å². The Balaban J connectivity index is 0.000000308. The van der Waals surface area contributed by atoms with Crippen LogP contribution in [0, 0.1) is 5.92 Å². The van der Waals surface area contributed by atoms with E-state index in [0.717, 1.165) is 29.3 Å². The molecule has 0 aliphatic heterocycles. The number of halogens is 4. The first-order valence-corrected chi connectivity index (χ1v) is 14.2. The SMILES string of the molecule is C=NC(=NC1=C(C(C)=O)CCC1(O)F)c1ccccc1C(C)C.CNCc1ccc(N=C(/C=C(\N)C(F)(F)F)C(C)C)cc1. The topological polar surface area (TPSA) is 112 Å². The Labute approximate surface area is 256 Å². The molecule has 0 bridgehead atoms. The molecule has 44 heavy (non-hydrogen) atoms. The van der Waals surface area contributed by atoms with Gasteiger partial charge in [-0.25, -0.2) is 14.4 Å². The Kier molecular flexibility index (Phi) is 12.9. The van der Waals surface area contributed by atoms with Gasteiger partial charge in [0.1, 0.15) is 11.4 Å². The molecule has 0 saturated carbocycles. The number of hydrogen-bond donors (Lipinski definition) is 3. The normalized spacial score (nSPS) is 18.1. The summed E-state index contributed by atoms with van der Waals surface area (Å²) in [5, 5.41) is 12.9. The van der Waals surface area contributed by atoms with Crippen molar-refractivity contribution in [3.63, 3.8) is 0 Å². The minimum Gasteiger partial charge on any atom is -0.395 e. The van der Waals surface area contributed by atoms with Gasteiger partial charge in [-0.2, -0.15) is 13.2 Å². The van der Waals surface area contributed by atoms with Gasteiger partial charge in [0.25, 0.3) is 5.85 Å². The van der Waals surface area contributed by atoms with Crippen molar-refractivity contribution in [3.05, 3.63) is 88.3 Å². The quantitative estimate of drug-likeness (QED) is 0.159. The molecule has 1 aliphatic rings. The van der Waals surface area contributed by atoms with E-state index in [9.17, 15) is 27.5 Å². The molecule has 11 heteroatoms. The molecule has 0 saturated heterocycles. The molecule has 0 fully saturated rings. The summed E-state index contributed by atoms with van der Waals surface area (Å²) in [5.74, 6) is -2.64. The highest BCUT2D eigenvalue weighted by molar-refractivity contribution is 6.04. The van der Waals surface area contributed by atoms with Crippen molar-refractivity contribution in [2.45, 2.75) is 72.0 Å². The van der Waals surface area contributed by atoms with Gasteiger partial charge in [-0.05, 0) is 68.3 Å². The summed E-state index contributed by atoms with van der Waals surface area (Å²) < 4.78 is 51.8. The molecule has 4 N–H and O–H groups in total. The molecule has 0 amide bonds. The van der Waals surface area contributed by atoms with Crippen LogP contribution in [-0.4, -0.2) is 48.2 Å². The minimum atomic E-state index is -4.54. The van der Waals surface area contributed by atoms with E-state index in [-0.39, 0.29) is 47.6 Å². The number of carbonyl (C=O) groups is 1. The number of Topliss-reactive ketones (excluding diaryl/α,β-unsaturated/α-hetero) is 1. The van der Waals surface area contributed by atoms with Crippen LogP contribution in [0.1, 0.15) is 70.1 Å². The number of allylic oxidation sites excluding steroid dienone is 3. The minimum absolute atomic E-state index is 0.164. The van der Waals surface area contributed by atoms with Gasteiger partial charge < -0.3 is 16.2 Å². The summed E-state index contributed by atoms with van der Waals surface area (Å²) >= 11 is 0. The molecule has 1 atom stereocenters. The first-order valence-electron chi connectivity index (χ1n) is 14.2. The van der Waals surface area contributed by atoms with Crippen LogP contribution in [0.2, 0.25) is 0 Å². The molecule has 0 heterocycles. The number of benzene rings is 2. The van der Waals surface area contributed by atoms with Gasteiger partial charge in [0.2, 0.25) is 0 Å². The van der Waals surface area contributed by atoms with Crippen LogP contribution in [0.25, 0.3) is 0 Å². The third kappa shape index (κ3) is 10.1. The van der Waals surface area contributed by atoms with E-state index in [1.807, 2.05) is 57.3 Å². The number of nitrogens with two attached hydrogens (primary N) is 1. The van der Waals surface area contributed by atoms with Gasteiger partial charge >= 0.3 is 6.18 Å². The molecule has 238 valence electrons. The van der Waals surface area contributed by atoms with E-state index >= 15 is 0 Å². The van der Waals surface area contributed by atoms with Gasteiger partial charge in [-0.3, -0.25) is 9.79 Å². The lowest BCUT2D eigenvalue weighted by atomic mass is 9.96. The molecule has 2 aromatic rings. The largest absolute Gasteiger partial charge is 0.430 e. The predicted molar refractivity (Wildman–Crippen MR) is 169 cm³/mol. The van der Waals surface area contributed by atoms with Gasteiger partial charge in [-0.1, -0.05) is 64.1 Å². The maximum Gasteiger partial charge on any atom is 0.430 e. The second kappa shape index (κ2) is 15.7. The number of ketones is 1. The Morgan fingerprint density at radius 3 is 2.23 bits per heavy atom. The number of amidine groups is 1. The lowest BCUT2D eigenvalue weighted by Crippen LogP contribution is -2.21. The van der Waals surface area contributed by atoms with Crippen LogP contribution >= 0.6 is 0 Å². The fraction of sp³-hybridized carbons (Fsp3) is 0.394. The average molecular weight is 616 g/mol. The highest BCUT2D eigenvalue weighted by atomic mass is 19.4. The fourth-order valence-electron chi connectivity index (χ4n) is 4.36. The van der Waals surface area contributed by atoms with E-state index < -0.39 is 17.7 Å². The molecular weight excluding hydrogens is 574 g/mol. The summed E-state index contributed by atoms with van der Waals surface area (Å²) in [6.45, 7) is 13.2. The summed E-state index contributed by atoms with van der Waals surface area (Å²) in [7, 11) is 1.84. The Bertz CT molecular complexity index is 1440. The Morgan fingerprint density at radius 1 is 1.11 bits per heavy atom. The van der Waals surface area contributed by atoms with Crippen LogP contribution in [-0.2, 0) is 11.3 Å². The molecule has 0 aromatic heterocycles. The first-order chi connectivity index (χ1) is 20.5. The lowest BCUT2D eigenvalue weighted by molar-refractivity contribution is -0.113. The van der Waals surface area contributed by atoms with Gasteiger partial charge in [-0.15, -0.1) is 0 Å². The number of nitrogens with one attached hydrogen (secondary N) is 1. The number of alkyl halides is 4. The van der Waals surface area contributed by atoms with Crippen LogP contribution in [0.3, 0.4) is 0 Å². The smallest absolute Gasteiger partial charge is 0.395 e. The first kappa shape index (κ1) is 36.2. The third-order valence-corrected chi connectivity index (χ3v) is 6.77. The van der Waals surface area contributed by atoms with Crippen LogP contribution in [0.15, 0.2) is 86.6 Å². The molecule has 0 spiro atoms. The van der Waals surface area contributed by atoms with Crippen molar-refractivity contribution < 1.29 is 27.5 Å². The zero-order valence-corrected chi connectivity index (χ0v) is 26.0. The Hall–Kier alpha value is -3.96. The van der Waals surface area contributed by atoms with E-state index in [1.54, 1.807) is 26.0 Å². The molecule has 0 radical (unpaired) electrons. The summed E-state index contributed by atoms with van der Waals surface area (Å²) in [6, 6.07) is 14.8. The number of carbonyl (C=O) groups excluding carboxylic acids is 1. The highest BCUT2D eigenvalue weighted by Crippen LogP contribution is 2.38. The van der Waals surface area contributed by atoms with E-state index in [0.29, 0.717) is 11.4 Å². The number of hydrogen-bond acceptors (Lipinski definition) is 6. The second-order valence-corrected chi connectivity index (χ2v) is 11.0. The van der Waals surface area contributed by atoms with Crippen molar-refractivity contribution >= 4 is 29.7 Å². The maximum absolute atomic E-state index is 14.3. The summed E-state index contributed by atoms with van der Waals surface area (Å²) in [4.78, 5) is 24.0. The van der Waals surface area contributed by atoms with Gasteiger partial charge in [0, 0.05) is 29.8 Å². The predicted octanol–water partition coefficient (Wildman–Crippen LogP) is 7.09. The average Bonchev–Trinajstić information content (AvgIpc) is 3.25. The summed E-state index contributed by atoms with van der Waals surface area (Å²) in [5.41, 5.74) is 7.56. The molecular formula is C33H41F4N5O2. The van der Waals surface area contributed by atoms with E-state index in [2.05, 4.69) is 27.0 Å². The van der Waals surface area contributed by atoms with Crippen molar-refractivity contribution in [2.75, 3.05) is 7.05 Å². The molecule has 2 aromatic carbocycles. The second-order valence-electron chi connectivity index (χ2n) is 11.0. The van der Waals surface area contributed by atoms with Crippen molar-refractivity contribution in [3.8, 4) is 0 Å². The maximum atomic E-state index is 14.3. The fourth-order valence-corrected chi connectivity index (χ4v) is 4.36. The lowest BCUT2D eigenvalue weighted by Gasteiger charge is -2.16. The molecule has 7 nitrogen and oxygen atoms in total. The van der Waals surface area contributed by atoms with E-state index in [1.165, 1.54) is 6.92 Å². The standard InChI is InChI=1S/C18H21FN2O2.C15H20F3N3/c1-11(2)13-7-5-6-8-15(13)17(20-4)21-16-14(12(3)22)9-10-18(16,19)23;1-10(2)13(8-14(19)15(16,17)18)21-12-6-4-11(5-7-12)9-20-3/h5-8,11,23H,4,9-10H2,1-3H3;4-8,10,20H,9,19H2,1-3H3/b;14-8-,21-13?. The van der Waals surface area contributed by atoms with Gasteiger partial charge in [0.05, 0.1) is 5.69 Å². The monoisotopic (exact) mass is 615 g/mol. The molecule has 1 unspecified atom stereocenters. The highest BCUT2D eigenvalue weighted by Gasteiger charge is 2.41.